The first-order chi connectivity index (χ1) is 14.4. The SMILES string of the molecule is CS(=O)(=O)c1cnc(N2CCOCC2)nc1C1CCN(C(=O)CC2CCCC2)CC1. The molecule has 2 saturated heterocycles. The summed E-state index contributed by atoms with van der Waals surface area (Å²) in [5, 5.41) is 0. The number of anilines is 1. The van der Waals surface area contributed by atoms with Gasteiger partial charge in [-0.2, -0.15) is 0 Å². The molecule has 0 aromatic carbocycles. The third kappa shape index (κ3) is 4.94. The number of ether oxygens (including phenoxy) is 1. The molecule has 0 N–H and O–H groups in total. The van der Waals surface area contributed by atoms with E-state index in [4.69, 9.17) is 9.72 Å². The monoisotopic (exact) mass is 436 g/mol. The minimum atomic E-state index is -3.42. The summed E-state index contributed by atoms with van der Waals surface area (Å²) in [5.74, 6) is 1.39. The lowest BCUT2D eigenvalue weighted by Gasteiger charge is -2.33. The fourth-order valence-electron chi connectivity index (χ4n) is 4.86. The highest BCUT2D eigenvalue weighted by molar-refractivity contribution is 7.90. The van der Waals surface area contributed by atoms with Gasteiger partial charge in [0.05, 0.1) is 25.1 Å². The molecule has 8 nitrogen and oxygen atoms in total. The van der Waals surface area contributed by atoms with Gasteiger partial charge in [-0.05, 0) is 31.6 Å². The maximum Gasteiger partial charge on any atom is 0.225 e. The molecule has 3 heterocycles. The van der Waals surface area contributed by atoms with Crippen molar-refractivity contribution in [1.82, 2.24) is 14.9 Å². The number of morpholine rings is 1. The molecule has 4 rings (SSSR count). The van der Waals surface area contributed by atoms with E-state index in [9.17, 15) is 13.2 Å². The molecular weight excluding hydrogens is 404 g/mol. The van der Waals surface area contributed by atoms with Crippen LogP contribution in [0.15, 0.2) is 11.1 Å². The lowest BCUT2D eigenvalue weighted by atomic mass is 9.92. The molecule has 0 bridgehead atoms. The van der Waals surface area contributed by atoms with Crippen LogP contribution in [-0.2, 0) is 19.4 Å². The van der Waals surface area contributed by atoms with Crippen LogP contribution in [0, 0.1) is 5.92 Å². The van der Waals surface area contributed by atoms with Crippen molar-refractivity contribution in [3.05, 3.63) is 11.9 Å². The topological polar surface area (TPSA) is 92.7 Å². The summed E-state index contributed by atoms with van der Waals surface area (Å²) in [5.41, 5.74) is 0.608. The molecular formula is C21H32N4O4S. The molecule has 1 aromatic heterocycles. The summed E-state index contributed by atoms with van der Waals surface area (Å²) in [6, 6.07) is 0. The highest BCUT2D eigenvalue weighted by Gasteiger charge is 2.31. The molecule has 166 valence electrons. The quantitative estimate of drug-likeness (QED) is 0.697. The van der Waals surface area contributed by atoms with E-state index >= 15 is 0 Å². The molecule has 1 amide bonds. The zero-order valence-corrected chi connectivity index (χ0v) is 18.6. The van der Waals surface area contributed by atoms with Crippen molar-refractivity contribution in [2.24, 2.45) is 5.92 Å². The van der Waals surface area contributed by atoms with Crippen LogP contribution in [0.2, 0.25) is 0 Å². The number of hydrogen-bond acceptors (Lipinski definition) is 7. The number of sulfone groups is 1. The van der Waals surface area contributed by atoms with Gasteiger partial charge in [-0.1, -0.05) is 12.8 Å². The lowest BCUT2D eigenvalue weighted by molar-refractivity contribution is -0.133. The van der Waals surface area contributed by atoms with E-state index in [1.165, 1.54) is 38.1 Å². The van der Waals surface area contributed by atoms with Gasteiger partial charge < -0.3 is 14.5 Å². The third-order valence-corrected chi connectivity index (χ3v) is 7.75. The number of amides is 1. The van der Waals surface area contributed by atoms with Crippen LogP contribution in [0.5, 0.6) is 0 Å². The Kier molecular flexibility index (Phi) is 6.57. The summed E-state index contributed by atoms with van der Waals surface area (Å²) in [4.78, 5) is 25.9. The van der Waals surface area contributed by atoms with Crippen LogP contribution >= 0.6 is 0 Å². The highest BCUT2D eigenvalue weighted by atomic mass is 32.2. The zero-order chi connectivity index (χ0) is 21.1. The highest BCUT2D eigenvalue weighted by Crippen LogP contribution is 2.33. The molecule has 1 saturated carbocycles. The molecule has 3 fully saturated rings. The normalized spacial score (nSPS) is 21.9. The lowest BCUT2D eigenvalue weighted by Crippen LogP contribution is -2.39. The first kappa shape index (κ1) is 21.5. The van der Waals surface area contributed by atoms with E-state index in [1.807, 2.05) is 9.80 Å². The Labute approximate surface area is 178 Å². The number of piperidine rings is 1. The van der Waals surface area contributed by atoms with Gasteiger partial charge in [0.1, 0.15) is 4.90 Å². The molecule has 9 heteroatoms. The molecule has 30 heavy (non-hydrogen) atoms. The number of hydrogen-bond donors (Lipinski definition) is 0. The fourth-order valence-corrected chi connectivity index (χ4v) is 5.70. The number of likely N-dealkylation sites (tertiary alicyclic amines) is 1. The minimum Gasteiger partial charge on any atom is -0.378 e. The Morgan fingerprint density at radius 1 is 1.10 bits per heavy atom. The van der Waals surface area contributed by atoms with Crippen molar-refractivity contribution < 1.29 is 17.9 Å². The Morgan fingerprint density at radius 2 is 1.77 bits per heavy atom. The summed E-state index contributed by atoms with van der Waals surface area (Å²) in [6.07, 6.45) is 9.63. The largest absolute Gasteiger partial charge is 0.378 e. The van der Waals surface area contributed by atoms with Gasteiger partial charge in [0.15, 0.2) is 9.84 Å². The molecule has 0 radical (unpaired) electrons. The van der Waals surface area contributed by atoms with Crippen LogP contribution in [0.1, 0.15) is 56.6 Å². The average Bonchev–Trinajstić information content (AvgIpc) is 3.26. The number of carbonyl (C=O) groups excluding carboxylic acids is 1. The van der Waals surface area contributed by atoms with E-state index in [0.29, 0.717) is 63.4 Å². The zero-order valence-electron chi connectivity index (χ0n) is 17.8. The van der Waals surface area contributed by atoms with Gasteiger partial charge in [0, 0.05) is 44.8 Å². The van der Waals surface area contributed by atoms with Gasteiger partial charge in [-0.25, -0.2) is 18.4 Å². The van der Waals surface area contributed by atoms with E-state index in [-0.39, 0.29) is 16.7 Å². The van der Waals surface area contributed by atoms with Crippen molar-refractivity contribution in [1.29, 1.82) is 0 Å². The number of carbonyl (C=O) groups is 1. The van der Waals surface area contributed by atoms with Gasteiger partial charge in [0.25, 0.3) is 0 Å². The maximum atomic E-state index is 12.7. The second-order valence-corrected chi connectivity index (χ2v) is 10.8. The summed E-state index contributed by atoms with van der Waals surface area (Å²) < 4.78 is 30.1. The molecule has 3 aliphatic rings. The van der Waals surface area contributed by atoms with Crippen LogP contribution in [-0.4, -0.2) is 74.8 Å². The van der Waals surface area contributed by atoms with Crippen molar-refractivity contribution >= 4 is 21.7 Å². The molecule has 0 unspecified atom stereocenters. The van der Waals surface area contributed by atoms with E-state index in [2.05, 4.69) is 4.98 Å². The van der Waals surface area contributed by atoms with Crippen LogP contribution in [0.4, 0.5) is 5.95 Å². The molecule has 1 aromatic rings. The van der Waals surface area contributed by atoms with Crippen molar-refractivity contribution in [3.8, 4) is 0 Å². The van der Waals surface area contributed by atoms with E-state index in [1.54, 1.807) is 0 Å². The van der Waals surface area contributed by atoms with Crippen molar-refractivity contribution in [3.63, 3.8) is 0 Å². The predicted molar refractivity (Wildman–Crippen MR) is 113 cm³/mol. The maximum absolute atomic E-state index is 12.7. The average molecular weight is 437 g/mol. The Hall–Kier alpha value is -1.74. The standard InChI is InChI=1S/C21H32N4O4S/c1-30(27,28)18-15-22-21(25-10-12-29-13-11-25)23-20(18)17-6-8-24(9-7-17)19(26)14-16-4-2-3-5-16/h15-17H,2-14H2,1H3. The van der Waals surface area contributed by atoms with Gasteiger partial charge >= 0.3 is 0 Å². The summed E-state index contributed by atoms with van der Waals surface area (Å²) in [7, 11) is -3.42. The van der Waals surface area contributed by atoms with Crippen LogP contribution in [0.25, 0.3) is 0 Å². The molecule has 1 aliphatic carbocycles. The van der Waals surface area contributed by atoms with Gasteiger partial charge in [0.2, 0.25) is 11.9 Å². The minimum absolute atomic E-state index is 0.0213. The van der Waals surface area contributed by atoms with Gasteiger partial charge in [-0.15, -0.1) is 0 Å². The second-order valence-electron chi connectivity index (χ2n) is 8.80. The summed E-state index contributed by atoms with van der Waals surface area (Å²) >= 11 is 0. The first-order valence-corrected chi connectivity index (χ1v) is 13.0. The number of aromatic nitrogens is 2. The fraction of sp³-hybridized carbons (Fsp3) is 0.762. The third-order valence-electron chi connectivity index (χ3n) is 6.64. The number of rotatable bonds is 5. The number of nitrogens with zero attached hydrogens (tertiary/aromatic N) is 4. The first-order valence-electron chi connectivity index (χ1n) is 11.1. The molecule has 0 spiro atoms. The molecule has 0 atom stereocenters. The van der Waals surface area contributed by atoms with Crippen LogP contribution < -0.4 is 4.90 Å². The van der Waals surface area contributed by atoms with Crippen LogP contribution in [0.3, 0.4) is 0 Å². The van der Waals surface area contributed by atoms with Crippen molar-refractivity contribution in [2.75, 3.05) is 50.5 Å². The second kappa shape index (κ2) is 9.18. The Balaban J connectivity index is 1.47. The predicted octanol–water partition coefficient (Wildman–Crippen LogP) is 2.00. The Bertz CT molecular complexity index is 856. The Morgan fingerprint density at radius 3 is 2.40 bits per heavy atom. The van der Waals surface area contributed by atoms with E-state index < -0.39 is 9.84 Å². The van der Waals surface area contributed by atoms with Crippen molar-refractivity contribution in [2.45, 2.75) is 55.8 Å². The van der Waals surface area contributed by atoms with E-state index in [0.717, 1.165) is 12.8 Å². The van der Waals surface area contributed by atoms with Gasteiger partial charge in [-0.3, -0.25) is 4.79 Å². The smallest absolute Gasteiger partial charge is 0.225 e. The molecule has 2 aliphatic heterocycles. The summed E-state index contributed by atoms with van der Waals surface area (Å²) in [6.45, 7) is 3.96.